The largest absolute Gasteiger partial charge is 0.480 e. The van der Waals surface area contributed by atoms with Gasteiger partial charge in [0.2, 0.25) is 5.43 Å². The number of benzene rings is 1. The second kappa shape index (κ2) is 6.12. The normalized spacial score (nSPS) is 11.0. The van der Waals surface area contributed by atoms with Crippen molar-refractivity contribution in [1.82, 2.24) is 9.47 Å². The minimum Gasteiger partial charge on any atom is -0.480 e. The maximum Gasteiger partial charge on any atom is 0.323 e. The van der Waals surface area contributed by atoms with Crippen LogP contribution in [-0.2, 0) is 4.79 Å². The van der Waals surface area contributed by atoms with E-state index in [1.807, 2.05) is 13.8 Å². The first-order valence-corrected chi connectivity index (χ1v) is 7.14. The number of amides is 1. The van der Waals surface area contributed by atoms with E-state index >= 15 is 0 Å². The van der Waals surface area contributed by atoms with E-state index in [0.29, 0.717) is 5.52 Å². The van der Waals surface area contributed by atoms with Gasteiger partial charge in [-0.1, -0.05) is 6.07 Å². The maximum atomic E-state index is 12.7. The minimum atomic E-state index is -1.15. The number of fused-ring (bicyclic) bond motifs is 1. The fourth-order valence-electron chi connectivity index (χ4n) is 2.48. The Morgan fingerprint density at radius 3 is 2.57 bits per heavy atom. The highest BCUT2D eigenvalue weighted by molar-refractivity contribution is 6.00. The number of nitrogens with zero attached hydrogens (tertiary/aromatic N) is 2. The zero-order valence-corrected chi connectivity index (χ0v) is 13.2. The second-order valence-corrected chi connectivity index (χ2v) is 5.67. The van der Waals surface area contributed by atoms with Crippen LogP contribution in [0.2, 0.25) is 0 Å². The number of anilines is 1. The molecule has 7 heteroatoms. The van der Waals surface area contributed by atoms with Gasteiger partial charge in [-0.3, -0.25) is 14.4 Å². The summed E-state index contributed by atoms with van der Waals surface area (Å²) in [5.74, 6) is -1.79. The summed E-state index contributed by atoms with van der Waals surface area (Å²) in [7, 11) is 1.34. The second-order valence-electron chi connectivity index (χ2n) is 5.67. The first-order chi connectivity index (χ1) is 10.7. The van der Waals surface area contributed by atoms with Crippen molar-refractivity contribution >= 4 is 28.5 Å². The molecule has 0 radical (unpaired) electrons. The lowest BCUT2D eigenvalue weighted by atomic mass is 10.1. The molecule has 0 atom stereocenters. The Morgan fingerprint density at radius 1 is 1.35 bits per heavy atom. The van der Waals surface area contributed by atoms with Gasteiger partial charge in [0.1, 0.15) is 12.1 Å². The molecule has 0 aliphatic carbocycles. The van der Waals surface area contributed by atoms with Crippen molar-refractivity contribution in [2.75, 3.05) is 19.3 Å². The quantitative estimate of drug-likeness (QED) is 0.827. The number of rotatable bonds is 4. The molecule has 3 N–H and O–H groups in total. The number of nitrogen functional groups attached to an aromatic ring is 1. The van der Waals surface area contributed by atoms with Crippen LogP contribution >= 0.6 is 0 Å². The Balaban J connectivity index is 2.73. The van der Waals surface area contributed by atoms with Gasteiger partial charge in [0, 0.05) is 25.0 Å². The average Bonchev–Trinajstić information content (AvgIpc) is 2.45. The van der Waals surface area contributed by atoms with Crippen LogP contribution in [0, 0.1) is 0 Å². The van der Waals surface area contributed by atoms with Crippen molar-refractivity contribution in [3.63, 3.8) is 0 Å². The van der Waals surface area contributed by atoms with Gasteiger partial charge in [-0.2, -0.15) is 0 Å². The van der Waals surface area contributed by atoms with Crippen molar-refractivity contribution in [1.29, 1.82) is 0 Å². The van der Waals surface area contributed by atoms with Gasteiger partial charge in [-0.05, 0) is 26.0 Å². The summed E-state index contributed by atoms with van der Waals surface area (Å²) >= 11 is 0. The van der Waals surface area contributed by atoms with Gasteiger partial charge >= 0.3 is 5.97 Å². The lowest BCUT2D eigenvalue weighted by molar-refractivity contribution is -0.137. The maximum absolute atomic E-state index is 12.7. The Labute approximate surface area is 132 Å². The van der Waals surface area contributed by atoms with Gasteiger partial charge in [0.25, 0.3) is 5.91 Å². The zero-order chi connectivity index (χ0) is 17.3. The van der Waals surface area contributed by atoms with E-state index in [0.717, 1.165) is 4.90 Å². The predicted octanol–water partition coefficient (Wildman–Crippen LogP) is 1.32. The molecule has 1 aromatic carbocycles. The molecule has 0 saturated heterocycles. The van der Waals surface area contributed by atoms with Crippen LogP contribution < -0.4 is 11.2 Å². The third-order valence-corrected chi connectivity index (χ3v) is 3.60. The Hall–Kier alpha value is -2.83. The number of pyridine rings is 1. The Kier molecular flexibility index (Phi) is 4.40. The summed E-state index contributed by atoms with van der Waals surface area (Å²) in [6.07, 6.45) is 1.47. The molecular formula is C16H19N3O4. The predicted molar refractivity (Wildman–Crippen MR) is 87.6 cm³/mol. The summed E-state index contributed by atoms with van der Waals surface area (Å²) in [5, 5.41) is 9.08. The first kappa shape index (κ1) is 16.5. The molecule has 2 rings (SSSR count). The molecule has 1 aromatic heterocycles. The van der Waals surface area contributed by atoms with Gasteiger partial charge in [0.05, 0.1) is 10.9 Å². The molecule has 122 valence electrons. The molecule has 2 aromatic rings. The third kappa shape index (κ3) is 3.03. The summed E-state index contributed by atoms with van der Waals surface area (Å²) in [5.41, 5.74) is 6.27. The van der Waals surface area contributed by atoms with Crippen LogP contribution in [0.1, 0.15) is 30.2 Å². The molecule has 0 aliphatic heterocycles. The highest BCUT2D eigenvalue weighted by Crippen LogP contribution is 2.21. The van der Waals surface area contributed by atoms with E-state index < -0.39 is 23.9 Å². The highest BCUT2D eigenvalue weighted by atomic mass is 16.4. The molecule has 0 saturated carbocycles. The van der Waals surface area contributed by atoms with Crippen LogP contribution in [0.5, 0.6) is 0 Å². The van der Waals surface area contributed by atoms with Gasteiger partial charge < -0.3 is 20.3 Å². The lowest BCUT2D eigenvalue weighted by Gasteiger charge is -2.19. The molecule has 0 fully saturated rings. The molecule has 0 unspecified atom stereocenters. The van der Waals surface area contributed by atoms with Crippen molar-refractivity contribution < 1.29 is 14.7 Å². The fourth-order valence-corrected chi connectivity index (χ4v) is 2.48. The molecule has 1 heterocycles. The molecule has 0 bridgehead atoms. The highest BCUT2D eigenvalue weighted by Gasteiger charge is 2.21. The number of carboxylic acid groups (broad SMARTS) is 1. The average molecular weight is 317 g/mol. The number of hydrogen-bond acceptors (Lipinski definition) is 4. The van der Waals surface area contributed by atoms with E-state index in [1.165, 1.54) is 13.2 Å². The number of aliphatic carboxylic acids is 1. The number of carboxylic acids is 1. The van der Waals surface area contributed by atoms with Crippen LogP contribution in [0.4, 0.5) is 5.69 Å². The monoisotopic (exact) mass is 317 g/mol. The summed E-state index contributed by atoms with van der Waals surface area (Å²) in [4.78, 5) is 36.9. The van der Waals surface area contributed by atoms with Crippen LogP contribution in [0.15, 0.2) is 29.2 Å². The van der Waals surface area contributed by atoms with Crippen molar-refractivity contribution in [2.45, 2.75) is 19.9 Å². The molecule has 23 heavy (non-hydrogen) atoms. The number of nitrogens with two attached hydrogens (primary N) is 1. The van der Waals surface area contributed by atoms with Gasteiger partial charge in [-0.15, -0.1) is 0 Å². The Bertz CT molecular complexity index is 839. The molecule has 1 amide bonds. The number of carbonyl (C=O) groups excluding carboxylic acids is 1. The number of hydrogen-bond donors (Lipinski definition) is 2. The van der Waals surface area contributed by atoms with E-state index in [2.05, 4.69) is 0 Å². The van der Waals surface area contributed by atoms with Gasteiger partial charge in [0.15, 0.2) is 0 Å². The van der Waals surface area contributed by atoms with E-state index in [4.69, 9.17) is 10.8 Å². The zero-order valence-electron chi connectivity index (χ0n) is 13.2. The summed E-state index contributed by atoms with van der Waals surface area (Å²) in [6, 6.07) is 5.11. The molecule has 0 aliphatic rings. The van der Waals surface area contributed by atoms with Crippen molar-refractivity contribution in [3.05, 3.63) is 40.2 Å². The number of carbonyl (C=O) groups is 2. The number of likely N-dealkylation sites (N-methyl/N-ethyl adjacent to an activating group) is 1. The van der Waals surface area contributed by atoms with Gasteiger partial charge in [-0.25, -0.2) is 0 Å². The van der Waals surface area contributed by atoms with E-state index in [9.17, 15) is 14.4 Å². The van der Waals surface area contributed by atoms with Crippen molar-refractivity contribution in [3.8, 4) is 0 Å². The number of aromatic nitrogens is 1. The molecule has 0 spiro atoms. The topological polar surface area (TPSA) is 106 Å². The minimum absolute atomic E-state index is 0.00349. The Morgan fingerprint density at radius 2 is 2.00 bits per heavy atom. The third-order valence-electron chi connectivity index (χ3n) is 3.60. The van der Waals surface area contributed by atoms with E-state index in [1.54, 1.807) is 22.8 Å². The van der Waals surface area contributed by atoms with Crippen LogP contribution in [-0.4, -0.2) is 40.0 Å². The smallest absolute Gasteiger partial charge is 0.323 e. The molecule has 7 nitrogen and oxygen atoms in total. The summed E-state index contributed by atoms with van der Waals surface area (Å²) in [6.45, 7) is 3.35. The van der Waals surface area contributed by atoms with Crippen molar-refractivity contribution in [2.24, 2.45) is 0 Å². The molecular weight excluding hydrogens is 298 g/mol. The summed E-state index contributed by atoms with van der Waals surface area (Å²) < 4.78 is 1.79. The first-order valence-electron chi connectivity index (χ1n) is 7.14. The fraction of sp³-hybridized carbons (Fsp3) is 0.312. The van der Waals surface area contributed by atoms with E-state index in [-0.39, 0.29) is 22.7 Å². The van der Waals surface area contributed by atoms with Crippen LogP contribution in [0.25, 0.3) is 10.9 Å². The standard InChI is InChI=1S/C16H19N3O4/c1-9(2)19-7-10(16(23)18(3)8-13(20)21)15(22)14-11(17)5-4-6-12(14)19/h4-7,9H,8,17H2,1-3H3,(H,20,21). The lowest BCUT2D eigenvalue weighted by Crippen LogP contribution is -2.35. The van der Waals surface area contributed by atoms with Crippen LogP contribution in [0.3, 0.4) is 0 Å². The SMILES string of the molecule is CC(C)n1cc(C(=O)N(C)CC(=O)O)c(=O)c2c(N)cccc21.